The number of hydrogen-bond acceptors (Lipinski definition) is 9. The summed E-state index contributed by atoms with van der Waals surface area (Å²) in [4.78, 5) is 12.5. The fourth-order valence-electron chi connectivity index (χ4n) is 10.4. The quantitative estimate of drug-likeness (QED) is 0.0248. The zero-order valence-corrected chi connectivity index (χ0v) is 58.6. The SMILES string of the molecule is CC(C)(C)c1cc(OP(Oc2cc(C(C)(C)C)c(O)c(C(C)(C)C)c2)Oc2cc(C(C)(C)C)c(O)c(C(C)(C)C)c2)cc(C(C)(C)C)c1O.CCCCCCCCCCCCCCCCCC(=O)Oc1cc(C(C)(C)C)c(O)c(C(C)(C)C)c1. The molecule has 0 atom stereocenters. The van der Waals surface area contributed by atoms with Gasteiger partial charge in [-0.05, 0) is 98.3 Å². The van der Waals surface area contributed by atoms with Crippen LogP contribution < -0.4 is 18.3 Å². The molecule has 9 nitrogen and oxygen atoms in total. The minimum absolute atomic E-state index is 0.176. The van der Waals surface area contributed by atoms with E-state index in [2.05, 4.69) is 173 Å². The maximum absolute atomic E-state index is 12.5. The van der Waals surface area contributed by atoms with Crippen molar-refractivity contribution in [2.24, 2.45) is 0 Å². The molecule has 0 aliphatic rings. The van der Waals surface area contributed by atoms with Crippen molar-refractivity contribution in [3.8, 4) is 46.0 Å². The van der Waals surface area contributed by atoms with E-state index in [0.29, 0.717) is 35.2 Å². The molecule has 4 N–H and O–H groups in total. The Morgan fingerprint density at radius 3 is 0.679 bits per heavy atom. The highest BCUT2D eigenvalue weighted by molar-refractivity contribution is 7.43. The molecule has 0 aliphatic carbocycles. The van der Waals surface area contributed by atoms with Crippen LogP contribution in [0.5, 0.6) is 46.0 Å². The van der Waals surface area contributed by atoms with Gasteiger partial charge in [-0.25, -0.2) is 0 Å². The fourth-order valence-corrected chi connectivity index (χ4v) is 11.3. The molecule has 0 saturated heterocycles. The summed E-state index contributed by atoms with van der Waals surface area (Å²) in [5.74, 6) is 2.97. The van der Waals surface area contributed by atoms with Gasteiger partial charge in [0.25, 0.3) is 0 Å². The first kappa shape index (κ1) is 73.6. The van der Waals surface area contributed by atoms with E-state index < -0.39 is 8.60 Å². The summed E-state index contributed by atoms with van der Waals surface area (Å²) in [5.41, 5.74) is 3.52. The van der Waals surface area contributed by atoms with Gasteiger partial charge in [-0.1, -0.05) is 263 Å². The largest absolute Gasteiger partial charge is 0.530 e. The topological polar surface area (TPSA) is 135 Å². The minimum Gasteiger partial charge on any atom is -0.507 e. The van der Waals surface area contributed by atoms with Gasteiger partial charge in [0.1, 0.15) is 46.0 Å². The van der Waals surface area contributed by atoms with Gasteiger partial charge in [0.15, 0.2) is 0 Å². The summed E-state index contributed by atoms with van der Waals surface area (Å²) in [6.45, 7) is 51.8. The molecule has 4 aromatic rings. The maximum atomic E-state index is 12.5. The lowest BCUT2D eigenvalue weighted by molar-refractivity contribution is -0.134. The second-order valence-electron chi connectivity index (χ2n) is 32.1. The molecule has 0 unspecified atom stereocenters. The number of carbonyl (C=O) groups excluding carboxylic acids is 1. The summed E-state index contributed by atoms with van der Waals surface area (Å²) < 4.78 is 25.8. The smallest absolute Gasteiger partial charge is 0.507 e. The Morgan fingerprint density at radius 2 is 0.488 bits per heavy atom. The van der Waals surface area contributed by atoms with Crippen molar-refractivity contribution >= 4 is 14.6 Å². The van der Waals surface area contributed by atoms with Crippen LogP contribution in [-0.2, 0) is 48.1 Å². The van der Waals surface area contributed by atoms with Crippen molar-refractivity contribution in [3.05, 3.63) is 93.0 Å². The molecule has 0 saturated carbocycles. The van der Waals surface area contributed by atoms with Crippen molar-refractivity contribution in [2.75, 3.05) is 0 Å². The number of carbonyl (C=O) groups is 1. The Balaban J connectivity index is 0.000000467. The minimum atomic E-state index is -2.15. The lowest BCUT2D eigenvalue weighted by Crippen LogP contribution is -2.18. The molecule has 0 bridgehead atoms. The number of hydrogen-bond donors (Lipinski definition) is 4. The number of rotatable bonds is 23. The first-order chi connectivity index (χ1) is 38.3. The Labute approximate surface area is 513 Å². The number of phenolic OH excluding ortho intramolecular Hbond substituents is 4. The van der Waals surface area contributed by atoms with Gasteiger partial charge in [-0.3, -0.25) is 4.79 Å². The van der Waals surface area contributed by atoms with Crippen molar-refractivity contribution < 1.29 is 43.5 Å². The molecule has 0 amide bonds. The van der Waals surface area contributed by atoms with Crippen LogP contribution in [0.25, 0.3) is 0 Å². The normalized spacial score (nSPS) is 13.0. The number of esters is 1. The summed E-state index contributed by atoms with van der Waals surface area (Å²) in [6.07, 6.45) is 20.2. The summed E-state index contributed by atoms with van der Waals surface area (Å²) in [5, 5.41) is 45.1. The van der Waals surface area contributed by atoms with Crippen molar-refractivity contribution in [1.29, 1.82) is 0 Å². The maximum Gasteiger partial charge on any atom is 0.530 e. The number of benzene rings is 4. The highest BCUT2D eigenvalue weighted by Gasteiger charge is 2.34. The molecule has 4 aromatic carbocycles. The third-order valence-corrected chi connectivity index (χ3v) is 16.6. The van der Waals surface area contributed by atoms with E-state index in [1.165, 1.54) is 83.5 Å². The van der Waals surface area contributed by atoms with Gasteiger partial charge < -0.3 is 38.7 Å². The van der Waals surface area contributed by atoms with E-state index in [1.54, 1.807) is 0 Å². The molecular weight excluding hydrogens is 1060 g/mol. The number of ether oxygens (including phenoxy) is 1. The average molecular weight is 1180 g/mol. The molecule has 0 fully saturated rings. The van der Waals surface area contributed by atoms with Gasteiger partial charge in [0, 0.05) is 50.9 Å². The van der Waals surface area contributed by atoms with Crippen LogP contribution in [0.3, 0.4) is 0 Å². The van der Waals surface area contributed by atoms with Crippen molar-refractivity contribution in [2.45, 2.75) is 319 Å². The molecule has 0 aliphatic heterocycles. The summed E-state index contributed by atoms with van der Waals surface area (Å²) >= 11 is 0. The Bertz CT molecular complexity index is 2390. The van der Waals surface area contributed by atoms with E-state index >= 15 is 0 Å². The molecule has 4 rings (SSSR count). The van der Waals surface area contributed by atoms with Crippen molar-refractivity contribution in [3.63, 3.8) is 0 Å². The van der Waals surface area contributed by atoms with E-state index in [1.807, 2.05) is 48.5 Å². The fraction of sp³-hybridized carbons (Fsp3) is 0.662. The van der Waals surface area contributed by atoms with Crippen molar-refractivity contribution in [1.82, 2.24) is 0 Å². The van der Waals surface area contributed by atoms with Crippen LogP contribution in [0.2, 0.25) is 0 Å². The molecule has 10 heteroatoms. The molecule has 84 heavy (non-hydrogen) atoms. The predicted octanol–water partition coefficient (Wildman–Crippen LogP) is 22.5. The first-order valence-electron chi connectivity index (χ1n) is 31.8. The van der Waals surface area contributed by atoms with Crippen LogP contribution in [0, 0.1) is 0 Å². The van der Waals surface area contributed by atoms with Gasteiger partial charge in [-0.15, -0.1) is 0 Å². The third-order valence-electron chi connectivity index (χ3n) is 15.6. The van der Waals surface area contributed by atoms with Crippen LogP contribution in [0.15, 0.2) is 48.5 Å². The molecular formula is C74H119O9P. The lowest BCUT2D eigenvalue weighted by atomic mass is 9.79. The number of unbranched alkanes of at least 4 members (excludes halogenated alkanes) is 14. The average Bonchev–Trinajstić information content (AvgIpc) is 2.42. The predicted molar refractivity (Wildman–Crippen MR) is 356 cm³/mol. The third kappa shape index (κ3) is 22.9. The Kier molecular flexibility index (Phi) is 26.2. The molecule has 0 heterocycles. The molecule has 0 radical (unpaired) electrons. The highest BCUT2D eigenvalue weighted by Crippen LogP contribution is 2.52. The number of aromatic hydroxyl groups is 4. The highest BCUT2D eigenvalue weighted by atomic mass is 31.2. The molecule has 0 aromatic heterocycles. The zero-order chi connectivity index (χ0) is 64.2. The van der Waals surface area contributed by atoms with Gasteiger partial charge in [-0.2, -0.15) is 0 Å². The van der Waals surface area contributed by atoms with Gasteiger partial charge >= 0.3 is 14.6 Å². The standard InChI is InChI=1S/C42H63O6P.C32H56O3/c1-37(2,3)28-19-25(20-29(34(28)43)38(4,5)6)46-49(47-26-21-30(39(7,8)9)35(44)31(22-26)40(10,11)12)48-27-23-32(41(13,14)15)36(45)33(24-27)42(16,17)18;1-8-9-10-11-12-13-14-15-16-17-18-19-20-21-22-23-29(33)35-26-24-27(31(2,3)4)30(34)28(25-26)32(5,6)7/h19-24,43-45H,1-18H3;24-25,34H,8-23H2,1-7H3. The van der Waals surface area contributed by atoms with E-state index in [0.717, 1.165) is 57.3 Å². The van der Waals surface area contributed by atoms with E-state index in [-0.39, 0.29) is 66.5 Å². The summed E-state index contributed by atoms with van der Waals surface area (Å²) in [6, 6.07) is 14.8. The Morgan fingerprint density at radius 1 is 0.310 bits per heavy atom. The van der Waals surface area contributed by atoms with Crippen LogP contribution >= 0.6 is 8.60 Å². The van der Waals surface area contributed by atoms with E-state index in [9.17, 15) is 25.2 Å². The summed E-state index contributed by atoms with van der Waals surface area (Å²) in [7, 11) is -2.15. The van der Waals surface area contributed by atoms with Crippen LogP contribution in [0.4, 0.5) is 0 Å². The van der Waals surface area contributed by atoms with Crippen LogP contribution in [-0.4, -0.2) is 26.4 Å². The molecule has 0 spiro atoms. The van der Waals surface area contributed by atoms with Gasteiger partial charge in [0.2, 0.25) is 0 Å². The molecule has 474 valence electrons. The second-order valence-corrected chi connectivity index (χ2v) is 33.1. The van der Waals surface area contributed by atoms with E-state index in [4.69, 9.17) is 18.3 Å². The number of phenols is 4. The first-order valence-corrected chi connectivity index (χ1v) is 32.9. The second kappa shape index (κ2) is 29.9. The van der Waals surface area contributed by atoms with Gasteiger partial charge in [0.05, 0.1) is 0 Å². The van der Waals surface area contributed by atoms with Crippen LogP contribution in [0.1, 0.15) is 320 Å². The lowest BCUT2D eigenvalue weighted by Gasteiger charge is -2.30. The zero-order valence-electron chi connectivity index (χ0n) is 57.7. The monoisotopic (exact) mass is 1180 g/mol. The Hall–Kier alpha value is -4.62.